The summed E-state index contributed by atoms with van der Waals surface area (Å²) < 4.78 is 15.7. The molecule has 5 heteroatoms. The summed E-state index contributed by atoms with van der Waals surface area (Å²) in [4.78, 5) is 23.0. The molecule has 2 rings (SSSR count). The van der Waals surface area contributed by atoms with E-state index in [0.29, 0.717) is 6.42 Å². The van der Waals surface area contributed by atoms with Gasteiger partial charge in [-0.25, -0.2) is 0 Å². The summed E-state index contributed by atoms with van der Waals surface area (Å²) in [5, 5.41) is 0. The fourth-order valence-corrected chi connectivity index (χ4v) is 2.35. The molecule has 0 aromatic carbocycles. The van der Waals surface area contributed by atoms with E-state index in [4.69, 9.17) is 9.47 Å². The highest BCUT2D eigenvalue weighted by Crippen LogP contribution is 2.39. The quantitative estimate of drug-likeness (QED) is 0.650. The number of rotatable bonds is 2. The summed E-state index contributed by atoms with van der Waals surface area (Å²) in [5.74, 6) is -1.42. The molecule has 1 aliphatic carbocycles. The monoisotopic (exact) mass is 228 g/mol. The SMILES string of the molecule is COC(=O)C[C@@H]1C[C@H]2OC(C)(C)O[C@H]2C1=O. The third kappa shape index (κ3) is 1.97. The Bertz CT molecular complexity index is 322. The summed E-state index contributed by atoms with van der Waals surface area (Å²) in [5.41, 5.74) is 0. The molecule has 1 saturated heterocycles. The molecule has 2 fully saturated rings. The van der Waals surface area contributed by atoms with E-state index in [0.717, 1.165) is 0 Å². The number of Topliss-reactive ketones (excluding diaryl/α,β-unsaturated/α-hetero) is 1. The fourth-order valence-electron chi connectivity index (χ4n) is 2.35. The van der Waals surface area contributed by atoms with Crippen LogP contribution < -0.4 is 0 Å². The molecule has 0 aromatic heterocycles. The molecule has 0 aromatic rings. The van der Waals surface area contributed by atoms with Crippen molar-refractivity contribution in [3.8, 4) is 0 Å². The maximum atomic E-state index is 11.9. The predicted molar refractivity (Wildman–Crippen MR) is 53.6 cm³/mol. The van der Waals surface area contributed by atoms with Gasteiger partial charge in [-0.15, -0.1) is 0 Å². The Labute approximate surface area is 94.0 Å². The van der Waals surface area contributed by atoms with Gasteiger partial charge in [0.1, 0.15) is 6.10 Å². The number of hydrogen-bond donors (Lipinski definition) is 0. The lowest BCUT2D eigenvalue weighted by Crippen LogP contribution is -2.28. The molecule has 90 valence electrons. The van der Waals surface area contributed by atoms with Crippen LogP contribution in [0.15, 0.2) is 0 Å². The number of carbonyl (C=O) groups is 2. The number of ether oxygens (including phenoxy) is 3. The van der Waals surface area contributed by atoms with Crippen LogP contribution >= 0.6 is 0 Å². The van der Waals surface area contributed by atoms with Crippen LogP contribution in [0.5, 0.6) is 0 Å². The lowest BCUT2D eigenvalue weighted by atomic mass is 10.0. The average Bonchev–Trinajstić information content (AvgIpc) is 2.63. The molecule has 0 N–H and O–H groups in total. The first-order valence-corrected chi connectivity index (χ1v) is 5.39. The third-order valence-electron chi connectivity index (χ3n) is 3.02. The van der Waals surface area contributed by atoms with Gasteiger partial charge in [-0.05, 0) is 20.3 Å². The van der Waals surface area contributed by atoms with Crippen LogP contribution in [0.25, 0.3) is 0 Å². The van der Waals surface area contributed by atoms with E-state index in [2.05, 4.69) is 4.74 Å². The number of methoxy groups -OCH3 is 1. The van der Waals surface area contributed by atoms with Gasteiger partial charge < -0.3 is 14.2 Å². The van der Waals surface area contributed by atoms with Crippen LogP contribution in [0.2, 0.25) is 0 Å². The predicted octanol–water partition coefficient (Wildman–Crippen LogP) is 0.659. The van der Waals surface area contributed by atoms with E-state index in [9.17, 15) is 9.59 Å². The number of hydrogen-bond acceptors (Lipinski definition) is 5. The Morgan fingerprint density at radius 3 is 2.75 bits per heavy atom. The largest absolute Gasteiger partial charge is 0.469 e. The Balaban J connectivity index is 2.00. The van der Waals surface area contributed by atoms with E-state index in [1.165, 1.54) is 7.11 Å². The molecule has 1 saturated carbocycles. The highest BCUT2D eigenvalue weighted by atomic mass is 16.8. The van der Waals surface area contributed by atoms with Crippen LogP contribution in [-0.2, 0) is 23.8 Å². The summed E-state index contributed by atoms with van der Waals surface area (Å²) >= 11 is 0. The summed E-state index contributed by atoms with van der Waals surface area (Å²) in [7, 11) is 1.32. The second-order valence-electron chi connectivity index (χ2n) is 4.71. The van der Waals surface area contributed by atoms with Crippen molar-refractivity contribution in [2.45, 2.75) is 44.7 Å². The summed E-state index contributed by atoms with van der Waals surface area (Å²) in [6.07, 6.45) is -0.0563. The van der Waals surface area contributed by atoms with Crippen LogP contribution in [0.4, 0.5) is 0 Å². The minimum Gasteiger partial charge on any atom is -0.469 e. The highest BCUT2D eigenvalue weighted by Gasteiger charge is 2.53. The molecule has 0 amide bonds. The molecule has 1 aliphatic heterocycles. The standard InChI is InChI=1S/C11H16O5/c1-11(2)15-7-4-6(5-8(12)14-3)9(13)10(7)16-11/h6-7,10H,4-5H2,1-3H3/t6-,7+,10+/m0/s1. The number of fused-ring (bicyclic) bond motifs is 1. The molecule has 1 heterocycles. The lowest BCUT2D eigenvalue weighted by molar-refractivity contribution is -0.164. The van der Waals surface area contributed by atoms with Crippen molar-refractivity contribution in [2.24, 2.45) is 5.92 Å². The van der Waals surface area contributed by atoms with Crippen LogP contribution in [0.1, 0.15) is 26.7 Å². The van der Waals surface area contributed by atoms with Gasteiger partial charge in [0.2, 0.25) is 0 Å². The van der Waals surface area contributed by atoms with Gasteiger partial charge in [0.25, 0.3) is 0 Å². The van der Waals surface area contributed by atoms with Gasteiger partial charge in [0.05, 0.1) is 19.6 Å². The van der Waals surface area contributed by atoms with Gasteiger partial charge in [0, 0.05) is 5.92 Å². The van der Waals surface area contributed by atoms with Gasteiger partial charge >= 0.3 is 5.97 Å². The first-order chi connectivity index (χ1) is 7.43. The van der Waals surface area contributed by atoms with Crippen molar-refractivity contribution in [3.63, 3.8) is 0 Å². The first-order valence-electron chi connectivity index (χ1n) is 5.39. The Morgan fingerprint density at radius 2 is 2.19 bits per heavy atom. The molecule has 3 atom stereocenters. The third-order valence-corrected chi connectivity index (χ3v) is 3.02. The van der Waals surface area contributed by atoms with Gasteiger partial charge in [-0.3, -0.25) is 9.59 Å². The second-order valence-corrected chi connectivity index (χ2v) is 4.71. The van der Waals surface area contributed by atoms with Crippen molar-refractivity contribution >= 4 is 11.8 Å². The topological polar surface area (TPSA) is 61.8 Å². The summed E-state index contributed by atoms with van der Waals surface area (Å²) in [6.45, 7) is 3.57. The van der Waals surface area contributed by atoms with Crippen molar-refractivity contribution in [1.82, 2.24) is 0 Å². The van der Waals surface area contributed by atoms with Crippen molar-refractivity contribution < 1.29 is 23.8 Å². The molecule has 2 aliphatic rings. The van der Waals surface area contributed by atoms with Crippen LogP contribution in [-0.4, -0.2) is 36.9 Å². The van der Waals surface area contributed by atoms with E-state index in [-0.39, 0.29) is 30.2 Å². The number of carbonyl (C=O) groups excluding carboxylic acids is 2. The maximum absolute atomic E-state index is 11.9. The maximum Gasteiger partial charge on any atom is 0.306 e. The Kier molecular flexibility index (Phi) is 2.75. The fraction of sp³-hybridized carbons (Fsp3) is 0.818. The summed E-state index contributed by atoms with van der Waals surface area (Å²) in [6, 6.07) is 0. The molecular weight excluding hydrogens is 212 g/mol. The minimum atomic E-state index is -0.693. The van der Waals surface area contributed by atoms with Gasteiger partial charge in [-0.2, -0.15) is 0 Å². The lowest BCUT2D eigenvalue weighted by Gasteiger charge is -2.19. The minimum absolute atomic E-state index is 0.0408. The number of ketones is 1. The smallest absolute Gasteiger partial charge is 0.306 e. The number of esters is 1. The van der Waals surface area contributed by atoms with Gasteiger partial charge in [0.15, 0.2) is 11.6 Å². The molecule has 5 nitrogen and oxygen atoms in total. The van der Waals surface area contributed by atoms with E-state index < -0.39 is 11.9 Å². The van der Waals surface area contributed by atoms with Crippen molar-refractivity contribution in [1.29, 1.82) is 0 Å². The van der Waals surface area contributed by atoms with E-state index >= 15 is 0 Å². The molecule has 0 radical (unpaired) electrons. The highest BCUT2D eigenvalue weighted by molar-refractivity contribution is 5.91. The zero-order valence-electron chi connectivity index (χ0n) is 9.69. The molecular formula is C11H16O5. The van der Waals surface area contributed by atoms with E-state index in [1.54, 1.807) is 13.8 Å². The van der Waals surface area contributed by atoms with Crippen LogP contribution in [0, 0.1) is 5.92 Å². The van der Waals surface area contributed by atoms with E-state index in [1.807, 2.05) is 0 Å². The second kappa shape index (κ2) is 3.82. The van der Waals surface area contributed by atoms with Crippen LogP contribution in [0.3, 0.4) is 0 Å². The van der Waals surface area contributed by atoms with Gasteiger partial charge in [-0.1, -0.05) is 0 Å². The molecule has 0 unspecified atom stereocenters. The van der Waals surface area contributed by atoms with Crippen molar-refractivity contribution in [3.05, 3.63) is 0 Å². The molecule has 16 heavy (non-hydrogen) atoms. The molecule has 0 spiro atoms. The Hall–Kier alpha value is -0.940. The first kappa shape index (κ1) is 11.5. The normalized spacial score (nSPS) is 36.2. The average molecular weight is 228 g/mol. The zero-order valence-corrected chi connectivity index (χ0v) is 9.69. The molecule has 0 bridgehead atoms. The zero-order chi connectivity index (χ0) is 11.9. The Morgan fingerprint density at radius 1 is 1.50 bits per heavy atom. The van der Waals surface area contributed by atoms with Crippen molar-refractivity contribution in [2.75, 3.05) is 7.11 Å².